The summed E-state index contributed by atoms with van der Waals surface area (Å²) < 4.78 is 0. The lowest BCUT2D eigenvalue weighted by Gasteiger charge is -2.17. The molecular formula is C6H13O3. The van der Waals surface area contributed by atoms with Crippen molar-refractivity contribution in [2.24, 2.45) is 0 Å². The fraction of sp³-hybridized carbons (Fsp3) is 0.833. The van der Waals surface area contributed by atoms with E-state index in [0.717, 1.165) is 0 Å². The van der Waals surface area contributed by atoms with Crippen molar-refractivity contribution in [3.8, 4) is 0 Å². The first kappa shape index (κ1) is 8.88. The Morgan fingerprint density at radius 1 is 1.33 bits per heavy atom. The van der Waals surface area contributed by atoms with Crippen molar-refractivity contribution in [2.75, 3.05) is 0 Å². The highest BCUT2D eigenvalue weighted by molar-refractivity contribution is 4.74. The molecule has 9 heavy (non-hydrogen) atoms. The summed E-state index contributed by atoms with van der Waals surface area (Å²) in [5.41, 5.74) is 0. The number of hydrogen-bond acceptors (Lipinski definition) is 3. The Balaban J connectivity index is 3.58. The van der Waals surface area contributed by atoms with E-state index in [1.807, 2.05) is 0 Å². The monoisotopic (exact) mass is 133 g/mol. The highest BCUT2D eigenvalue weighted by Crippen LogP contribution is 2.01. The molecule has 3 heteroatoms. The van der Waals surface area contributed by atoms with Gasteiger partial charge in [-0.25, -0.2) is 0 Å². The van der Waals surface area contributed by atoms with Crippen molar-refractivity contribution in [2.45, 2.75) is 31.7 Å². The third kappa shape index (κ3) is 2.79. The summed E-state index contributed by atoms with van der Waals surface area (Å²) in [5, 5.41) is 26.3. The minimum absolute atomic E-state index is 0.424. The average Bonchev–Trinajstić information content (AvgIpc) is 1.84. The van der Waals surface area contributed by atoms with Gasteiger partial charge in [-0.3, -0.25) is 0 Å². The van der Waals surface area contributed by atoms with E-state index in [9.17, 15) is 0 Å². The van der Waals surface area contributed by atoms with E-state index in [4.69, 9.17) is 15.3 Å². The van der Waals surface area contributed by atoms with Crippen LogP contribution in [0.15, 0.2) is 0 Å². The molecule has 0 saturated carbocycles. The first-order chi connectivity index (χ1) is 4.09. The van der Waals surface area contributed by atoms with Gasteiger partial charge in [0.2, 0.25) is 0 Å². The fourth-order valence-electron chi connectivity index (χ4n) is 0.498. The Hall–Kier alpha value is -0.120. The molecule has 0 aliphatic heterocycles. The fourth-order valence-corrected chi connectivity index (χ4v) is 0.498. The standard InChI is InChI=1S/C6H13O3/c1-3-5(8)6(9)4(2)7/h4-9H,2-3H2,1H3. The SMILES string of the molecule is [CH2]C(O)C(O)C(O)CC. The molecule has 0 saturated heterocycles. The van der Waals surface area contributed by atoms with E-state index in [-0.39, 0.29) is 0 Å². The van der Waals surface area contributed by atoms with Gasteiger partial charge < -0.3 is 15.3 Å². The maximum atomic E-state index is 8.85. The molecule has 3 nitrogen and oxygen atoms in total. The van der Waals surface area contributed by atoms with E-state index in [2.05, 4.69) is 6.92 Å². The second kappa shape index (κ2) is 3.82. The Kier molecular flexibility index (Phi) is 3.77. The maximum absolute atomic E-state index is 8.85. The van der Waals surface area contributed by atoms with Gasteiger partial charge in [-0.15, -0.1) is 0 Å². The quantitative estimate of drug-likeness (QED) is 0.477. The van der Waals surface area contributed by atoms with Crippen molar-refractivity contribution in [1.29, 1.82) is 0 Å². The Bertz CT molecular complexity index is 72.7. The van der Waals surface area contributed by atoms with Crippen molar-refractivity contribution in [1.82, 2.24) is 0 Å². The topological polar surface area (TPSA) is 60.7 Å². The Labute approximate surface area is 54.9 Å². The molecule has 55 valence electrons. The molecule has 0 aliphatic rings. The third-order valence-electron chi connectivity index (χ3n) is 1.21. The lowest BCUT2D eigenvalue weighted by Crippen LogP contribution is -2.34. The smallest absolute Gasteiger partial charge is 0.106 e. The van der Waals surface area contributed by atoms with Crippen molar-refractivity contribution in [3.05, 3.63) is 6.92 Å². The number of rotatable bonds is 3. The molecule has 3 atom stereocenters. The Morgan fingerprint density at radius 2 is 1.78 bits per heavy atom. The van der Waals surface area contributed by atoms with Gasteiger partial charge in [-0.1, -0.05) is 6.92 Å². The molecule has 0 heterocycles. The van der Waals surface area contributed by atoms with E-state index < -0.39 is 18.3 Å². The minimum Gasteiger partial charge on any atom is -0.390 e. The summed E-state index contributed by atoms with van der Waals surface area (Å²) in [6.07, 6.45) is -2.65. The largest absolute Gasteiger partial charge is 0.390 e. The van der Waals surface area contributed by atoms with Gasteiger partial charge in [0.1, 0.15) is 6.10 Å². The predicted molar refractivity (Wildman–Crippen MR) is 33.7 cm³/mol. The predicted octanol–water partition coefficient (Wildman–Crippen LogP) is -0.687. The molecule has 0 rings (SSSR count). The van der Waals surface area contributed by atoms with Crippen molar-refractivity contribution >= 4 is 0 Å². The van der Waals surface area contributed by atoms with Crippen LogP contribution in [0.3, 0.4) is 0 Å². The van der Waals surface area contributed by atoms with Crippen LogP contribution in [0.25, 0.3) is 0 Å². The van der Waals surface area contributed by atoms with Crippen LogP contribution in [0.4, 0.5) is 0 Å². The summed E-state index contributed by atoms with van der Waals surface area (Å²) in [4.78, 5) is 0. The summed E-state index contributed by atoms with van der Waals surface area (Å²) in [6, 6.07) is 0. The zero-order chi connectivity index (χ0) is 7.44. The average molecular weight is 133 g/mol. The maximum Gasteiger partial charge on any atom is 0.106 e. The molecule has 3 unspecified atom stereocenters. The molecule has 0 amide bonds. The number of aliphatic hydroxyl groups excluding tert-OH is 3. The van der Waals surface area contributed by atoms with Crippen molar-refractivity contribution < 1.29 is 15.3 Å². The molecule has 0 aromatic carbocycles. The second-order valence-electron chi connectivity index (χ2n) is 2.03. The van der Waals surface area contributed by atoms with Crippen LogP contribution in [0.1, 0.15) is 13.3 Å². The molecule has 0 aromatic heterocycles. The summed E-state index contributed by atoms with van der Waals surface area (Å²) in [5.74, 6) is 0. The highest BCUT2D eigenvalue weighted by Gasteiger charge is 2.18. The molecule has 0 fully saturated rings. The number of hydrogen-bond donors (Lipinski definition) is 3. The van der Waals surface area contributed by atoms with Gasteiger partial charge in [-0.2, -0.15) is 0 Å². The Morgan fingerprint density at radius 3 is 1.89 bits per heavy atom. The summed E-state index contributed by atoms with van der Waals surface area (Å²) in [6.45, 7) is 4.87. The van der Waals surface area contributed by atoms with E-state index in [1.54, 1.807) is 6.92 Å². The molecule has 0 spiro atoms. The van der Waals surface area contributed by atoms with Gasteiger partial charge in [0.05, 0.1) is 12.2 Å². The first-order valence-electron chi connectivity index (χ1n) is 2.96. The molecule has 1 radical (unpaired) electrons. The second-order valence-corrected chi connectivity index (χ2v) is 2.03. The lowest BCUT2D eigenvalue weighted by molar-refractivity contribution is -0.0430. The van der Waals surface area contributed by atoms with Gasteiger partial charge in [0.25, 0.3) is 0 Å². The summed E-state index contributed by atoms with van der Waals surface area (Å²) in [7, 11) is 0. The molecule has 0 aromatic rings. The van der Waals surface area contributed by atoms with Crippen LogP contribution in [0.2, 0.25) is 0 Å². The van der Waals surface area contributed by atoms with Crippen LogP contribution in [-0.2, 0) is 0 Å². The van der Waals surface area contributed by atoms with E-state index in [1.165, 1.54) is 0 Å². The van der Waals surface area contributed by atoms with Crippen LogP contribution in [0, 0.1) is 6.92 Å². The van der Waals surface area contributed by atoms with Crippen LogP contribution in [0.5, 0.6) is 0 Å². The van der Waals surface area contributed by atoms with E-state index in [0.29, 0.717) is 6.42 Å². The van der Waals surface area contributed by atoms with Gasteiger partial charge in [0.15, 0.2) is 0 Å². The van der Waals surface area contributed by atoms with Crippen LogP contribution in [-0.4, -0.2) is 33.6 Å². The highest BCUT2D eigenvalue weighted by atomic mass is 16.4. The zero-order valence-electron chi connectivity index (χ0n) is 5.49. The molecule has 0 bridgehead atoms. The molecule has 0 aliphatic carbocycles. The third-order valence-corrected chi connectivity index (χ3v) is 1.21. The molecular weight excluding hydrogens is 120 g/mol. The van der Waals surface area contributed by atoms with Crippen LogP contribution >= 0.6 is 0 Å². The number of aliphatic hydroxyl groups is 3. The normalized spacial score (nSPS) is 21.0. The van der Waals surface area contributed by atoms with Gasteiger partial charge in [-0.05, 0) is 13.3 Å². The van der Waals surface area contributed by atoms with Gasteiger partial charge in [0, 0.05) is 0 Å². The summed E-state index contributed by atoms with van der Waals surface area (Å²) >= 11 is 0. The lowest BCUT2D eigenvalue weighted by atomic mass is 10.1. The first-order valence-corrected chi connectivity index (χ1v) is 2.96. The van der Waals surface area contributed by atoms with Crippen molar-refractivity contribution in [3.63, 3.8) is 0 Å². The van der Waals surface area contributed by atoms with Crippen LogP contribution < -0.4 is 0 Å². The van der Waals surface area contributed by atoms with E-state index >= 15 is 0 Å². The zero-order valence-corrected chi connectivity index (χ0v) is 5.49. The minimum atomic E-state index is -1.12. The van der Waals surface area contributed by atoms with Gasteiger partial charge >= 0.3 is 0 Å². The molecule has 3 N–H and O–H groups in total.